The van der Waals surface area contributed by atoms with E-state index >= 15 is 0 Å². The predicted molar refractivity (Wildman–Crippen MR) is 77.0 cm³/mol. The second-order valence-electron chi connectivity index (χ2n) is 1.27. The molecule has 0 unspecified atom stereocenters. The van der Waals surface area contributed by atoms with E-state index in [1.165, 1.54) is 4.90 Å². The number of isocyanates is 2. The molecule has 0 aromatic rings. The highest BCUT2D eigenvalue weighted by molar-refractivity contribution is 5.45. The van der Waals surface area contributed by atoms with Gasteiger partial charge in [-0.3, -0.25) is 4.79 Å². The van der Waals surface area contributed by atoms with Crippen molar-refractivity contribution in [3.63, 3.8) is 0 Å². The number of carbonyl (C=O) groups excluding carboxylic acids is 3. The quantitative estimate of drug-likeness (QED) is 0.426. The zero-order valence-corrected chi connectivity index (χ0v) is 6.25. The van der Waals surface area contributed by atoms with E-state index in [1.807, 2.05) is 0 Å². The lowest BCUT2D eigenvalue weighted by Gasteiger charge is -1.93. The van der Waals surface area contributed by atoms with Crippen LogP contribution in [0, 0.1) is 10.8 Å². The molecule has 0 spiro atoms. The molecule has 0 heterocycles. The topological polar surface area (TPSA) is 102 Å². The first-order valence-corrected chi connectivity index (χ1v) is 2.30. The van der Waals surface area contributed by atoms with Crippen LogP contribution in [0.4, 0.5) is 0 Å². The lowest BCUT2D eigenvalue weighted by Crippen LogP contribution is -2.06. The SMILES string of the molecule is C.C.C.C.C.C.CN(C)C=O.N=C=O.N=C=O. The molecule has 0 fully saturated rings. The third-order valence-corrected chi connectivity index (χ3v) is 0.211. The van der Waals surface area contributed by atoms with Gasteiger partial charge in [0.2, 0.25) is 18.6 Å². The van der Waals surface area contributed by atoms with Gasteiger partial charge < -0.3 is 4.90 Å². The minimum atomic E-state index is 0. The van der Waals surface area contributed by atoms with Crippen LogP contribution in [0.3, 0.4) is 0 Å². The molecule has 0 aliphatic rings. The molecule has 0 rings (SSSR count). The number of rotatable bonds is 1. The largest absolute Gasteiger partial charge is 0.351 e. The minimum Gasteiger partial charge on any atom is -0.351 e. The van der Waals surface area contributed by atoms with Crippen molar-refractivity contribution in [1.82, 2.24) is 4.90 Å². The second kappa shape index (κ2) is 139. The Morgan fingerprint density at radius 1 is 0.824 bits per heavy atom. The molecule has 6 nitrogen and oxygen atoms in total. The number of nitrogens with one attached hydrogen (secondary N) is 2. The van der Waals surface area contributed by atoms with Gasteiger partial charge in [-0.1, -0.05) is 44.6 Å². The van der Waals surface area contributed by atoms with Crippen molar-refractivity contribution in [2.75, 3.05) is 14.1 Å². The van der Waals surface area contributed by atoms with Gasteiger partial charge in [-0.2, -0.15) is 0 Å². The van der Waals surface area contributed by atoms with Gasteiger partial charge in [0.25, 0.3) is 0 Å². The zero-order chi connectivity index (χ0) is 9.70. The standard InChI is InChI=1S/C3H7NO.2CHNO.6CH4/c1-4(2)3-5;2*2-1-3;;;;;;/h3H,1-2H3;2*2H;6*1H4. The van der Waals surface area contributed by atoms with Crippen LogP contribution in [0.25, 0.3) is 0 Å². The predicted octanol–water partition coefficient (Wildman–Crippen LogP) is 3.32. The van der Waals surface area contributed by atoms with E-state index in [2.05, 4.69) is 0 Å². The number of nitrogens with zero attached hydrogens (tertiary/aromatic N) is 1. The van der Waals surface area contributed by atoms with E-state index in [0.717, 1.165) is 18.6 Å². The Kier molecular flexibility index (Phi) is 651. The average Bonchev–Trinajstić information content (AvgIpc) is 1.91. The third kappa shape index (κ3) is 40200. The third-order valence-electron chi connectivity index (χ3n) is 0.211. The van der Waals surface area contributed by atoms with Gasteiger partial charge in [-0.15, -0.1) is 0 Å². The first kappa shape index (κ1) is 79.5. The molecule has 17 heavy (non-hydrogen) atoms. The van der Waals surface area contributed by atoms with Crippen molar-refractivity contribution >= 4 is 18.6 Å². The molecular weight excluding hydrogens is 222 g/mol. The summed E-state index contributed by atoms with van der Waals surface area (Å²) in [4.78, 5) is 27.6. The van der Waals surface area contributed by atoms with Gasteiger partial charge in [-0.05, 0) is 0 Å². The molecule has 0 aliphatic heterocycles. The molecular formula is C11H33N3O3. The fraction of sp³-hybridized carbons (Fsp3) is 0.727. The molecule has 6 heteroatoms. The van der Waals surface area contributed by atoms with Crippen LogP contribution in [0.2, 0.25) is 0 Å². The number of carbonyl (C=O) groups is 1. The van der Waals surface area contributed by atoms with Crippen LogP contribution in [-0.4, -0.2) is 37.6 Å². The molecule has 0 saturated heterocycles. The van der Waals surface area contributed by atoms with Gasteiger partial charge in [-0.25, -0.2) is 20.4 Å². The van der Waals surface area contributed by atoms with Crippen molar-refractivity contribution in [2.24, 2.45) is 0 Å². The summed E-state index contributed by atoms with van der Waals surface area (Å²) in [6, 6.07) is 0. The summed E-state index contributed by atoms with van der Waals surface area (Å²) in [5.74, 6) is 0. The first-order valence-electron chi connectivity index (χ1n) is 2.30. The van der Waals surface area contributed by atoms with Gasteiger partial charge >= 0.3 is 0 Å². The normalized spacial score (nSPS) is 2.94. The molecule has 0 bridgehead atoms. The lowest BCUT2D eigenvalue weighted by molar-refractivity contribution is -0.115. The van der Waals surface area contributed by atoms with Gasteiger partial charge in [0.1, 0.15) is 0 Å². The van der Waals surface area contributed by atoms with Crippen LogP contribution in [-0.2, 0) is 14.4 Å². The summed E-state index contributed by atoms with van der Waals surface area (Å²) in [6.45, 7) is 0. The summed E-state index contributed by atoms with van der Waals surface area (Å²) >= 11 is 0. The van der Waals surface area contributed by atoms with E-state index in [1.54, 1.807) is 14.1 Å². The van der Waals surface area contributed by atoms with Crippen LogP contribution in [0.15, 0.2) is 0 Å². The zero-order valence-electron chi connectivity index (χ0n) is 6.25. The summed E-state index contributed by atoms with van der Waals surface area (Å²) in [5.41, 5.74) is 0. The van der Waals surface area contributed by atoms with E-state index in [4.69, 9.17) is 20.4 Å². The maximum absolute atomic E-state index is 9.43. The molecule has 0 saturated carbocycles. The van der Waals surface area contributed by atoms with Gasteiger partial charge in [0, 0.05) is 14.1 Å². The Hall–Kier alpha value is -1.77. The van der Waals surface area contributed by atoms with E-state index in [9.17, 15) is 4.79 Å². The van der Waals surface area contributed by atoms with E-state index < -0.39 is 0 Å². The Bertz CT molecular complexity index is 136. The first-order chi connectivity index (χ1) is 5.10. The van der Waals surface area contributed by atoms with Gasteiger partial charge in [0.05, 0.1) is 0 Å². The maximum Gasteiger partial charge on any atom is 0.231 e. The van der Waals surface area contributed by atoms with Crippen molar-refractivity contribution in [2.45, 2.75) is 44.6 Å². The minimum absolute atomic E-state index is 0. The Morgan fingerprint density at radius 3 is 0.882 bits per heavy atom. The van der Waals surface area contributed by atoms with Gasteiger partial charge in [0.15, 0.2) is 0 Å². The monoisotopic (exact) mass is 255 g/mol. The molecule has 2 N–H and O–H groups in total. The lowest BCUT2D eigenvalue weighted by atomic mass is 11.0. The Morgan fingerprint density at radius 2 is 0.882 bits per heavy atom. The van der Waals surface area contributed by atoms with Crippen LogP contribution in [0.5, 0.6) is 0 Å². The van der Waals surface area contributed by atoms with Crippen LogP contribution in [0.1, 0.15) is 44.6 Å². The van der Waals surface area contributed by atoms with Crippen molar-refractivity contribution in [1.29, 1.82) is 10.8 Å². The molecule has 110 valence electrons. The second-order valence-corrected chi connectivity index (χ2v) is 1.27. The Labute approximate surface area is 108 Å². The average molecular weight is 255 g/mol. The summed E-state index contributed by atoms with van der Waals surface area (Å²) in [5, 5.41) is 10.8. The van der Waals surface area contributed by atoms with Crippen molar-refractivity contribution < 1.29 is 14.4 Å². The number of hydrogen-bond donors (Lipinski definition) is 2. The highest BCUT2D eigenvalue weighted by Crippen LogP contribution is 1.52. The van der Waals surface area contributed by atoms with Crippen molar-refractivity contribution in [3.05, 3.63) is 0 Å². The number of amides is 1. The molecule has 0 atom stereocenters. The molecule has 0 aliphatic carbocycles. The molecule has 0 aromatic carbocycles. The summed E-state index contributed by atoms with van der Waals surface area (Å²) < 4.78 is 0. The maximum atomic E-state index is 9.43. The Balaban J connectivity index is -0.00000000707. The fourth-order valence-electron chi connectivity index (χ4n) is 0. The smallest absolute Gasteiger partial charge is 0.231 e. The summed E-state index contributed by atoms with van der Waals surface area (Å²) in [6.07, 6.45) is 2.25. The molecule has 1 amide bonds. The molecule has 0 radical (unpaired) electrons. The fourth-order valence-corrected chi connectivity index (χ4v) is 0. The molecule has 0 aromatic heterocycles. The van der Waals surface area contributed by atoms with Crippen molar-refractivity contribution in [3.8, 4) is 0 Å². The summed E-state index contributed by atoms with van der Waals surface area (Å²) in [7, 11) is 3.38. The highest BCUT2D eigenvalue weighted by Gasteiger charge is 1.68. The highest BCUT2D eigenvalue weighted by atomic mass is 16.1. The van der Waals surface area contributed by atoms with E-state index in [0.29, 0.717) is 0 Å². The van der Waals surface area contributed by atoms with E-state index in [-0.39, 0.29) is 44.6 Å². The van der Waals surface area contributed by atoms with Crippen LogP contribution < -0.4 is 0 Å². The van der Waals surface area contributed by atoms with Crippen LogP contribution >= 0.6 is 0 Å². The number of hydrogen-bond acceptors (Lipinski definition) is 5.